The second-order valence-electron chi connectivity index (χ2n) is 3.83. The zero-order valence-electron chi connectivity index (χ0n) is 9.10. The van der Waals surface area contributed by atoms with E-state index >= 15 is 0 Å². The number of halogens is 1. The standard InChI is InChI=1S/C10H13ClN2O3S/c11-10-9(4-1-5-12-10)17(14,15)13-8-3-2-6-16-7-8/h1,4-5,8,13H,2-3,6-7H2. The van der Waals surface area contributed by atoms with Crippen LogP contribution >= 0.6 is 11.6 Å². The van der Waals surface area contributed by atoms with Crippen LogP contribution in [-0.2, 0) is 14.8 Å². The van der Waals surface area contributed by atoms with Crippen molar-refractivity contribution in [2.45, 2.75) is 23.8 Å². The quantitative estimate of drug-likeness (QED) is 0.842. The lowest BCUT2D eigenvalue weighted by Gasteiger charge is -2.23. The minimum Gasteiger partial charge on any atom is -0.380 e. The summed E-state index contributed by atoms with van der Waals surface area (Å²) in [5.41, 5.74) is 0. The molecule has 1 aliphatic heterocycles. The highest BCUT2D eigenvalue weighted by molar-refractivity contribution is 7.89. The van der Waals surface area contributed by atoms with Crippen molar-refractivity contribution in [1.82, 2.24) is 9.71 Å². The van der Waals surface area contributed by atoms with Gasteiger partial charge in [0.1, 0.15) is 10.0 Å². The van der Waals surface area contributed by atoms with Gasteiger partial charge in [0.15, 0.2) is 0 Å². The first-order valence-corrected chi connectivity index (χ1v) is 7.16. The first-order valence-electron chi connectivity index (χ1n) is 5.30. The highest BCUT2D eigenvalue weighted by Crippen LogP contribution is 2.19. The Kier molecular flexibility index (Phi) is 3.98. The molecule has 0 saturated carbocycles. The Bertz CT molecular complexity index is 486. The molecule has 1 N–H and O–H groups in total. The van der Waals surface area contributed by atoms with E-state index in [-0.39, 0.29) is 16.1 Å². The molecule has 7 heteroatoms. The van der Waals surface area contributed by atoms with Crippen molar-refractivity contribution in [3.8, 4) is 0 Å². The Balaban J connectivity index is 2.16. The molecule has 1 saturated heterocycles. The van der Waals surface area contributed by atoms with Crippen molar-refractivity contribution < 1.29 is 13.2 Å². The maximum Gasteiger partial charge on any atom is 0.243 e. The van der Waals surface area contributed by atoms with Gasteiger partial charge in [-0.2, -0.15) is 0 Å². The molecule has 2 rings (SSSR count). The van der Waals surface area contributed by atoms with Gasteiger partial charge in [0.25, 0.3) is 0 Å². The highest BCUT2D eigenvalue weighted by Gasteiger charge is 2.24. The molecule has 1 fully saturated rings. The average Bonchev–Trinajstić information content (AvgIpc) is 2.30. The van der Waals surface area contributed by atoms with Crippen LogP contribution in [-0.4, -0.2) is 32.7 Å². The predicted molar refractivity (Wildman–Crippen MR) is 63.4 cm³/mol. The molecule has 0 radical (unpaired) electrons. The Morgan fingerprint density at radius 3 is 3.00 bits per heavy atom. The van der Waals surface area contributed by atoms with Crippen molar-refractivity contribution in [3.63, 3.8) is 0 Å². The van der Waals surface area contributed by atoms with Gasteiger partial charge in [0.2, 0.25) is 10.0 Å². The maximum absolute atomic E-state index is 12.0. The SMILES string of the molecule is O=S(=O)(NC1CCCOC1)c1cccnc1Cl. The number of nitrogens with zero attached hydrogens (tertiary/aromatic N) is 1. The van der Waals surface area contributed by atoms with E-state index in [9.17, 15) is 8.42 Å². The summed E-state index contributed by atoms with van der Waals surface area (Å²) in [5.74, 6) is 0. The molecule has 1 aliphatic rings. The van der Waals surface area contributed by atoms with Gasteiger partial charge in [-0.05, 0) is 25.0 Å². The highest BCUT2D eigenvalue weighted by atomic mass is 35.5. The van der Waals surface area contributed by atoms with Gasteiger partial charge >= 0.3 is 0 Å². The number of aromatic nitrogens is 1. The summed E-state index contributed by atoms with van der Waals surface area (Å²) in [6.45, 7) is 1.09. The van der Waals surface area contributed by atoms with E-state index < -0.39 is 10.0 Å². The number of ether oxygens (including phenoxy) is 1. The lowest BCUT2D eigenvalue weighted by molar-refractivity contribution is 0.0774. The fourth-order valence-corrected chi connectivity index (χ4v) is 3.40. The van der Waals surface area contributed by atoms with Crippen LogP contribution in [0.4, 0.5) is 0 Å². The van der Waals surface area contributed by atoms with Crippen molar-refractivity contribution in [3.05, 3.63) is 23.5 Å². The Morgan fingerprint density at radius 2 is 2.35 bits per heavy atom. The van der Waals surface area contributed by atoms with Gasteiger partial charge in [-0.1, -0.05) is 11.6 Å². The van der Waals surface area contributed by atoms with E-state index in [4.69, 9.17) is 16.3 Å². The molecule has 5 nitrogen and oxygen atoms in total. The molecule has 0 spiro atoms. The largest absolute Gasteiger partial charge is 0.380 e. The van der Waals surface area contributed by atoms with Crippen molar-refractivity contribution in [1.29, 1.82) is 0 Å². The molecule has 1 aromatic heterocycles. The van der Waals surface area contributed by atoms with Crippen LogP contribution in [0.1, 0.15) is 12.8 Å². The van der Waals surface area contributed by atoms with Gasteiger partial charge in [0.05, 0.1) is 6.61 Å². The summed E-state index contributed by atoms with van der Waals surface area (Å²) in [4.78, 5) is 3.76. The minimum atomic E-state index is -3.62. The molecule has 2 heterocycles. The topological polar surface area (TPSA) is 68.3 Å². The first-order chi connectivity index (χ1) is 8.09. The fourth-order valence-electron chi connectivity index (χ4n) is 1.69. The number of rotatable bonds is 3. The molecule has 0 amide bonds. The fraction of sp³-hybridized carbons (Fsp3) is 0.500. The van der Waals surface area contributed by atoms with Crippen molar-refractivity contribution >= 4 is 21.6 Å². The summed E-state index contributed by atoms with van der Waals surface area (Å²) < 4.78 is 31.9. The van der Waals surface area contributed by atoms with Crippen molar-refractivity contribution in [2.75, 3.05) is 13.2 Å². The molecule has 0 aromatic carbocycles. The number of hydrogen-bond donors (Lipinski definition) is 1. The third-order valence-corrected chi connectivity index (χ3v) is 4.46. The smallest absolute Gasteiger partial charge is 0.243 e. The number of nitrogens with one attached hydrogen (secondary N) is 1. The lowest BCUT2D eigenvalue weighted by Crippen LogP contribution is -2.40. The first kappa shape index (κ1) is 12.8. The van der Waals surface area contributed by atoms with Gasteiger partial charge in [-0.25, -0.2) is 18.1 Å². The Hall–Kier alpha value is -0.690. The normalized spacial score (nSPS) is 21.4. The third-order valence-electron chi connectivity index (χ3n) is 2.50. The second-order valence-corrected chi connectivity index (χ2v) is 5.87. The monoisotopic (exact) mass is 276 g/mol. The van der Waals surface area contributed by atoms with Crippen LogP contribution in [0.25, 0.3) is 0 Å². The van der Waals surface area contributed by atoms with Crippen LogP contribution in [0, 0.1) is 0 Å². The molecule has 1 unspecified atom stereocenters. The summed E-state index contributed by atoms with van der Waals surface area (Å²) in [6.07, 6.45) is 3.08. The number of pyridine rings is 1. The summed E-state index contributed by atoms with van der Waals surface area (Å²) in [7, 11) is -3.62. The van der Waals surface area contributed by atoms with E-state index in [1.165, 1.54) is 18.3 Å². The van der Waals surface area contributed by atoms with Gasteiger partial charge in [-0.3, -0.25) is 0 Å². The molecule has 94 valence electrons. The minimum absolute atomic E-state index is 0.00670. The summed E-state index contributed by atoms with van der Waals surface area (Å²) in [6, 6.07) is 2.78. The number of hydrogen-bond acceptors (Lipinski definition) is 4. The Labute approximate surface area is 105 Å². The molecule has 1 aromatic rings. The van der Waals surface area contributed by atoms with Crippen LogP contribution in [0.5, 0.6) is 0 Å². The molecule has 0 bridgehead atoms. The van der Waals surface area contributed by atoms with Crippen LogP contribution in [0.2, 0.25) is 5.15 Å². The average molecular weight is 277 g/mol. The molecular formula is C10H13ClN2O3S. The van der Waals surface area contributed by atoms with Gasteiger partial charge < -0.3 is 4.74 Å². The van der Waals surface area contributed by atoms with E-state index in [0.29, 0.717) is 13.2 Å². The second kappa shape index (κ2) is 5.30. The Morgan fingerprint density at radius 1 is 1.53 bits per heavy atom. The zero-order chi connectivity index (χ0) is 12.3. The van der Waals surface area contributed by atoms with Crippen molar-refractivity contribution in [2.24, 2.45) is 0 Å². The number of sulfonamides is 1. The summed E-state index contributed by atoms with van der Waals surface area (Å²) >= 11 is 5.76. The third kappa shape index (κ3) is 3.16. The van der Waals surface area contributed by atoms with Crippen LogP contribution in [0.3, 0.4) is 0 Å². The van der Waals surface area contributed by atoms with Crippen LogP contribution < -0.4 is 4.72 Å². The van der Waals surface area contributed by atoms with E-state index in [1.54, 1.807) is 0 Å². The predicted octanol–water partition coefficient (Wildman–Crippen LogP) is 1.19. The zero-order valence-corrected chi connectivity index (χ0v) is 10.7. The molecule has 0 aliphatic carbocycles. The van der Waals surface area contributed by atoms with Gasteiger partial charge in [-0.15, -0.1) is 0 Å². The van der Waals surface area contributed by atoms with E-state index in [1.807, 2.05) is 0 Å². The van der Waals surface area contributed by atoms with Gasteiger partial charge in [0, 0.05) is 18.8 Å². The van der Waals surface area contributed by atoms with Crippen LogP contribution in [0.15, 0.2) is 23.2 Å². The van der Waals surface area contributed by atoms with E-state index in [2.05, 4.69) is 9.71 Å². The molecular weight excluding hydrogens is 264 g/mol. The summed E-state index contributed by atoms with van der Waals surface area (Å²) in [5, 5.41) is -0.0169. The maximum atomic E-state index is 12.0. The lowest BCUT2D eigenvalue weighted by atomic mass is 10.1. The molecule has 1 atom stereocenters. The van der Waals surface area contributed by atoms with E-state index in [0.717, 1.165) is 12.8 Å². The molecule has 17 heavy (non-hydrogen) atoms.